The summed E-state index contributed by atoms with van der Waals surface area (Å²) >= 11 is -7.98. The first-order valence-corrected chi connectivity index (χ1v) is 62.8. The molecule has 0 spiro atoms. The van der Waals surface area contributed by atoms with Gasteiger partial charge in [0.05, 0.1) is 0 Å². The molecule has 0 amide bonds. The van der Waals surface area contributed by atoms with Crippen LogP contribution in [0, 0.1) is 0 Å². The normalized spacial score (nSPS) is 11.8. The van der Waals surface area contributed by atoms with E-state index in [2.05, 4.69) is 194 Å². The summed E-state index contributed by atoms with van der Waals surface area (Å²) in [5.41, 5.74) is 9.09. The molecule has 14 rings (SSSR count). The van der Waals surface area contributed by atoms with E-state index >= 15 is 0 Å². The van der Waals surface area contributed by atoms with Gasteiger partial charge in [-0.1, -0.05) is 0 Å². The van der Waals surface area contributed by atoms with Crippen LogP contribution in [0.25, 0.3) is 43.1 Å². The molecule has 0 saturated heterocycles. The number of hydrogen-bond donors (Lipinski definition) is 8. The average molecular weight is 1610 g/mol. The number of aromatic hydroxyl groups is 8. The summed E-state index contributed by atoms with van der Waals surface area (Å²) in [5.74, 6) is 24.8. The molecule has 14 aromatic rings. The Balaban J connectivity index is 0.000000184. The molecule has 0 atom stereocenters. The standard InChI is InChI=1S/C44H44Ge2N2O2.C43H42Ge2N2O6/c1-45(2,3)31-15-19-33(20-16-31)47(35-23-27-37(49)28-24-35)43-39-11-7-9-13-41(39)44(42-14-10-8-12-40(42)43)48(36-25-29-38(50)30-26-36)34-21-17-32(18-22-34)46(4,5)6;1-44(2)26-14-18-28(19-15-26)46(42-36(50)22-30(48)23-37(42)51)40-32-10-6-8-12-34(32)41(35-13-9-7-11-33(35)40)47(43-38(52)24-31(49)25-39(43)53)29-20-16-27(17-21-29)45(3,4)5/h7-30,49-50H,1-6H3;6-25,44,48-53H,1-5H3. The maximum atomic E-state index is 11.4. The molecule has 0 bridgehead atoms. The van der Waals surface area contributed by atoms with Crippen LogP contribution in [0.15, 0.2) is 267 Å². The van der Waals surface area contributed by atoms with Crippen LogP contribution < -0.4 is 37.2 Å². The van der Waals surface area contributed by atoms with E-state index < -0.39 is 54.1 Å². The molecule has 0 saturated carbocycles. The number of phenols is 8. The van der Waals surface area contributed by atoms with Gasteiger partial charge < -0.3 is 0 Å². The van der Waals surface area contributed by atoms with Crippen molar-refractivity contribution in [3.63, 3.8) is 0 Å². The molecule has 8 N–H and O–H groups in total. The van der Waals surface area contributed by atoms with Gasteiger partial charge in [-0.3, -0.25) is 0 Å². The third-order valence-corrected chi connectivity index (χ3v) is 35.8. The fourth-order valence-corrected chi connectivity index (χ4v) is 23.2. The number of anilines is 12. The predicted molar refractivity (Wildman–Crippen MR) is 442 cm³/mol. The van der Waals surface area contributed by atoms with E-state index in [1.807, 2.05) is 107 Å². The molecule has 0 aliphatic heterocycles. The molecule has 0 aliphatic rings. The van der Waals surface area contributed by atoms with Gasteiger partial charge in [-0.25, -0.2) is 0 Å². The van der Waals surface area contributed by atoms with E-state index in [0.717, 1.165) is 77.2 Å². The number of phenolic OH excluding ortho intramolecular Hbond substituents is 8. The quantitative estimate of drug-likeness (QED) is 0.0262. The van der Waals surface area contributed by atoms with Gasteiger partial charge in [-0.2, -0.15) is 0 Å². The predicted octanol–water partition coefficient (Wildman–Crippen LogP) is 20.8. The Bertz CT molecular complexity index is 5140. The van der Waals surface area contributed by atoms with E-state index in [0.29, 0.717) is 22.7 Å². The van der Waals surface area contributed by atoms with Crippen LogP contribution in [0.5, 0.6) is 46.0 Å². The van der Waals surface area contributed by atoms with E-state index in [-0.39, 0.29) is 57.4 Å². The van der Waals surface area contributed by atoms with Gasteiger partial charge in [-0.05, 0) is 0 Å². The van der Waals surface area contributed by atoms with E-state index in [1.165, 1.54) is 41.8 Å². The second-order valence-corrected chi connectivity index (χ2v) is 68.0. The minimum absolute atomic E-state index is 0.0940. The Kier molecular flexibility index (Phi) is 19.8. The second kappa shape index (κ2) is 28.6. The second-order valence-electron chi connectivity index (χ2n) is 29.8. The molecule has 12 nitrogen and oxygen atoms in total. The molecule has 0 fully saturated rings. The van der Waals surface area contributed by atoms with Crippen molar-refractivity contribution in [3.8, 4) is 46.0 Å². The zero-order valence-corrected chi connectivity index (χ0v) is 68.6. The van der Waals surface area contributed by atoms with Crippen LogP contribution in [0.2, 0.25) is 63.3 Å². The van der Waals surface area contributed by atoms with Gasteiger partial charge in [-0.15, -0.1) is 0 Å². The zero-order valence-electron chi connectivity index (χ0n) is 59.8. The van der Waals surface area contributed by atoms with Crippen LogP contribution in [-0.4, -0.2) is 95.0 Å². The van der Waals surface area contributed by atoms with Crippen LogP contribution in [0.3, 0.4) is 0 Å². The maximum absolute atomic E-state index is 11.4. The van der Waals surface area contributed by atoms with Crippen molar-refractivity contribution in [3.05, 3.63) is 267 Å². The number of benzene rings is 14. The van der Waals surface area contributed by atoms with Crippen LogP contribution in [0.4, 0.5) is 68.2 Å². The number of rotatable bonds is 16. The molecule has 103 heavy (non-hydrogen) atoms. The first-order valence-electron chi connectivity index (χ1n) is 34.7. The average Bonchev–Trinajstić information content (AvgIpc) is 0.726. The molecular weight excluding hydrogens is 1520 g/mol. The van der Waals surface area contributed by atoms with Crippen LogP contribution in [-0.2, 0) is 0 Å². The Hall–Kier alpha value is -10.1. The first-order chi connectivity index (χ1) is 49.1. The summed E-state index contributed by atoms with van der Waals surface area (Å²) in [6.45, 7) is 0. The Morgan fingerprint density at radius 2 is 0.417 bits per heavy atom. The Morgan fingerprint density at radius 1 is 0.223 bits per heavy atom. The number of fused-ring (bicyclic) bond motifs is 4. The van der Waals surface area contributed by atoms with Gasteiger partial charge in [0, 0.05) is 0 Å². The van der Waals surface area contributed by atoms with Gasteiger partial charge in [0.25, 0.3) is 0 Å². The third kappa shape index (κ3) is 14.3. The van der Waals surface area contributed by atoms with Crippen molar-refractivity contribution < 1.29 is 40.9 Å². The summed E-state index contributed by atoms with van der Waals surface area (Å²) in [5, 5.41) is 94.4. The molecule has 0 unspecified atom stereocenters. The number of hydrogen-bond acceptors (Lipinski definition) is 12. The molecule has 14 aromatic carbocycles. The monoisotopic (exact) mass is 1610 g/mol. The van der Waals surface area contributed by atoms with Crippen molar-refractivity contribution in [1.29, 1.82) is 0 Å². The molecule has 0 aromatic heterocycles. The molecule has 518 valence electrons. The summed E-state index contributed by atoms with van der Waals surface area (Å²) in [6.07, 6.45) is 0. The van der Waals surface area contributed by atoms with Crippen molar-refractivity contribution in [2.24, 2.45) is 0 Å². The molecule has 0 radical (unpaired) electrons. The summed E-state index contributed by atoms with van der Waals surface area (Å²) in [7, 11) is 0. The van der Waals surface area contributed by atoms with Crippen molar-refractivity contribution in [2.75, 3.05) is 19.6 Å². The molecule has 0 heterocycles. The topological polar surface area (TPSA) is 175 Å². The summed E-state index contributed by atoms with van der Waals surface area (Å²) < 4.78 is 5.50. The first kappa shape index (κ1) is 71.3. The van der Waals surface area contributed by atoms with E-state index in [9.17, 15) is 40.9 Å². The third-order valence-electron chi connectivity index (χ3n) is 19.2. The van der Waals surface area contributed by atoms with Crippen molar-refractivity contribution >= 4 is 183 Å². The van der Waals surface area contributed by atoms with Crippen LogP contribution in [0.1, 0.15) is 0 Å². The summed E-state index contributed by atoms with van der Waals surface area (Å²) in [6, 6.07) is 87.3. The molecule has 0 aliphatic carbocycles. The molecular formula is C87H86Ge4N4O8. The fraction of sp³-hybridized carbons (Fsp3) is 0.126. The fourth-order valence-electron chi connectivity index (χ4n) is 13.9. The van der Waals surface area contributed by atoms with Gasteiger partial charge in [0.2, 0.25) is 0 Å². The number of nitrogens with zero attached hydrogens (tertiary/aromatic N) is 4. The summed E-state index contributed by atoms with van der Waals surface area (Å²) in [4.78, 5) is 8.31. The van der Waals surface area contributed by atoms with Gasteiger partial charge in [0.15, 0.2) is 0 Å². The Labute approximate surface area is 614 Å². The van der Waals surface area contributed by atoms with Crippen LogP contribution >= 0.6 is 0 Å². The van der Waals surface area contributed by atoms with Gasteiger partial charge in [0.1, 0.15) is 0 Å². The van der Waals surface area contributed by atoms with Crippen molar-refractivity contribution in [2.45, 2.75) is 63.3 Å². The molecule has 16 heteroatoms. The zero-order chi connectivity index (χ0) is 73.0. The van der Waals surface area contributed by atoms with Crippen molar-refractivity contribution in [1.82, 2.24) is 0 Å². The van der Waals surface area contributed by atoms with Gasteiger partial charge >= 0.3 is 620 Å². The minimum atomic E-state index is -2.23. The van der Waals surface area contributed by atoms with E-state index in [1.54, 1.807) is 24.3 Å². The Morgan fingerprint density at radius 3 is 0.631 bits per heavy atom. The SMILES string of the molecule is [CH3][GeH]([CH3])[c]1ccc(N(c2c(O)cc(O)cc2O)c2c3ccccc3c(N(c3cc[c]([Ge]([CH3])([CH3])[CH3])cc3)c3c(O)cc(O)cc3O)c3ccccc23)cc1.[CH3][Ge]([CH3])([CH3])[c]1ccc(N(c2ccc(O)cc2)c2c3ccccc3c(N(c3ccc(O)cc3)c3cc[c]([Ge]([CH3])([CH3])[CH3])cc3)c3ccccc23)cc1. The van der Waals surface area contributed by atoms with E-state index in [4.69, 9.17) is 0 Å².